The molecule has 0 aromatic rings. The van der Waals surface area contributed by atoms with Gasteiger partial charge in [-0.25, -0.2) is 10.2 Å². The van der Waals surface area contributed by atoms with E-state index in [4.69, 9.17) is 4.74 Å². The van der Waals surface area contributed by atoms with Crippen LogP contribution in [-0.2, 0) is 14.3 Å². The Morgan fingerprint density at radius 3 is 2.73 bits per heavy atom. The highest BCUT2D eigenvalue weighted by molar-refractivity contribution is 5.86. The van der Waals surface area contributed by atoms with Gasteiger partial charge in [0.25, 0.3) is 5.91 Å². The molecular formula is C9H16N2O4. The molecule has 1 rings (SSSR count). The minimum Gasteiger partial charge on any atom is -0.449 e. The first-order chi connectivity index (χ1) is 7.08. The average Bonchev–Trinajstić information content (AvgIpc) is 2.63. The van der Waals surface area contributed by atoms with E-state index < -0.39 is 11.7 Å². The molecule has 1 atom stereocenters. The molecule has 0 radical (unpaired) electrons. The SMILES string of the molecule is CCOC(=O)NNC(=O)C1(C)CCCO1. The number of rotatable bonds is 2. The summed E-state index contributed by atoms with van der Waals surface area (Å²) in [6, 6.07) is 0. The lowest BCUT2D eigenvalue weighted by molar-refractivity contribution is -0.140. The molecule has 0 aromatic heterocycles. The molecule has 2 N–H and O–H groups in total. The number of ether oxygens (including phenoxy) is 2. The lowest BCUT2D eigenvalue weighted by Gasteiger charge is -2.21. The Labute approximate surface area is 88.3 Å². The highest BCUT2D eigenvalue weighted by Gasteiger charge is 2.37. The number of hydrogen-bond donors (Lipinski definition) is 2. The largest absolute Gasteiger partial charge is 0.449 e. The molecule has 1 aliphatic rings. The highest BCUT2D eigenvalue weighted by Crippen LogP contribution is 2.24. The fourth-order valence-corrected chi connectivity index (χ4v) is 1.37. The maximum absolute atomic E-state index is 11.6. The first kappa shape index (κ1) is 11.8. The molecule has 0 bridgehead atoms. The van der Waals surface area contributed by atoms with Gasteiger partial charge in [0.1, 0.15) is 5.60 Å². The number of hydrogen-bond acceptors (Lipinski definition) is 4. The molecule has 1 saturated heterocycles. The van der Waals surface area contributed by atoms with Crippen LogP contribution in [0.5, 0.6) is 0 Å². The van der Waals surface area contributed by atoms with Crippen molar-refractivity contribution < 1.29 is 19.1 Å². The second-order valence-corrected chi connectivity index (χ2v) is 3.48. The number of carbonyl (C=O) groups is 2. The van der Waals surface area contributed by atoms with Gasteiger partial charge in [-0.05, 0) is 26.7 Å². The van der Waals surface area contributed by atoms with E-state index in [9.17, 15) is 9.59 Å². The van der Waals surface area contributed by atoms with Crippen LogP contribution in [0, 0.1) is 0 Å². The van der Waals surface area contributed by atoms with Gasteiger partial charge in [-0.3, -0.25) is 10.2 Å². The van der Waals surface area contributed by atoms with Crippen LogP contribution in [0.2, 0.25) is 0 Å². The quantitative estimate of drug-likeness (QED) is 0.652. The van der Waals surface area contributed by atoms with E-state index in [0.29, 0.717) is 13.0 Å². The summed E-state index contributed by atoms with van der Waals surface area (Å²) in [7, 11) is 0. The summed E-state index contributed by atoms with van der Waals surface area (Å²) < 4.78 is 9.87. The van der Waals surface area contributed by atoms with Gasteiger partial charge < -0.3 is 9.47 Å². The number of amides is 2. The predicted octanol–water partition coefficient (Wildman–Crippen LogP) is 0.333. The number of carbonyl (C=O) groups excluding carboxylic acids is 2. The van der Waals surface area contributed by atoms with Gasteiger partial charge in [0.2, 0.25) is 0 Å². The molecule has 1 unspecified atom stereocenters. The van der Waals surface area contributed by atoms with Crippen LogP contribution < -0.4 is 10.9 Å². The maximum atomic E-state index is 11.6. The molecule has 15 heavy (non-hydrogen) atoms. The Kier molecular flexibility index (Phi) is 3.90. The molecule has 1 heterocycles. The zero-order valence-electron chi connectivity index (χ0n) is 8.96. The minimum absolute atomic E-state index is 0.259. The number of nitrogens with one attached hydrogen (secondary N) is 2. The van der Waals surface area contributed by atoms with Crippen molar-refractivity contribution >= 4 is 12.0 Å². The van der Waals surface area contributed by atoms with Crippen molar-refractivity contribution in [1.29, 1.82) is 0 Å². The molecular weight excluding hydrogens is 200 g/mol. The van der Waals surface area contributed by atoms with Crippen LogP contribution in [0.4, 0.5) is 4.79 Å². The average molecular weight is 216 g/mol. The summed E-state index contributed by atoms with van der Waals surface area (Å²) in [4.78, 5) is 22.4. The van der Waals surface area contributed by atoms with Crippen molar-refractivity contribution in [2.45, 2.75) is 32.3 Å². The molecule has 86 valence electrons. The summed E-state index contributed by atoms with van der Waals surface area (Å²) in [5, 5.41) is 0. The summed E-state index contributed by atoms with van der Waals surface area (Å²) in [5.41, 5.74) is 3.57. The van der Waals surface area contributed by atoms with E-state index in [1.807, 2.05) is 0 Å². The monoisotopic (exact) mass is 216 g/mol. The minimum atomic E-state index is -0.834. The third-order valence-corrected chi connectivity index (χ3v) is 2.25. The fraction of sp³-hybridized carbons (Fsp3) is 0.778. The Balaban J connectivity index is 2.32. The first-order valence-corrected chi connectivity index (χ1v) is 4.95. The molecule has 2 amide bonds. The smallest absolute Gasteiger partial charge is 0.426 e. The summed E-state index contributed by atoms with van der Waals surface area (Å²) in [5.74, 6) is -0.354. The normalized spacial score (nSPS) is 24.7. The standard InChI is InChI=1S/C9H16N2O4/c1-3-14-8(13)11-10-7(12)9(2)5-4-6-15-9/h3-6H2,1-2H3,(H,10,12)(H,11,13). The lowest BCUT2D eigenvalue weighted by Crippen LogP contribution is -2.51. The van der Waals surface area contributed by atoms with Crippen LogP contribution in [0.15, 0.2) is 0 Å². The van der Waals surface area contributed by atoms with Crippen molar-refractivity contribution in [3.05, 3.63) is 0 Å². The van der Waals surface area contributed by atoms with Crippen LogP contribution >= 0.6 is 0 Å². The van der Waals surface area contributed by atoms with E-state index >= 15 is 0 Å². The zero-order chi connectivity index (χ0) is 11.3. The van der Waals surface area contributed by atoms with Crippen molar-refractivity contribution in [2.24, 2.45) is 0 Å². The summed E-state index contributed by atoms with van der Waals surface area (Å²) >= 11 is 0. The molecule has 1 aliphatic heterocycles. The van der Waals surface area contributed by atoms with Gasteiger partial charge in [-0.2, -0.15) is 0 Å². The topological polar surface area (TPSA) is 76.7 Å². The van der Waals surface area contributed by atoms with Crippen molar-refractivity contribution in [3.63, 3.8) is 0 Å². The Morgan fingerprint density at radius 2 is 2.20 bits per heavy atom. The van der Waals surface area contributed by atoms with E-state index in [2.05, 4.69) is 15.6 Å². The van der Waals surface area contributed by atoms with Crippen LogP contribution in [0.3, 0.4) is 0 Å². The lowest BCUT2D eigenvalue weighted by atomic mass is 10.0. The second-order valence-electron chi connectivity index (χ2n) is 3.48. The Morgan fingerprint density at radius 1 is 1.47 bits per heavy atom. The third-order valence-electron chi connectivity index (χ3n) is 2.25. The molecule has 6 heteroatoms. The Hall–Kier alpha value is -1.30. The maximum Gasteiger partial charge on any atom is 0.426 e. The van der Waals surface area contributed by atoms with Gasteiger partial charge in [0.15, 0.2) is 0 Å². The van der Waals surface area contributed by atoms with Crippen molar-refractivity contribution in [1.82, 2.24) is 10.9 Å². The first-order valence-electron chi connectivity index (χ1n) is 4.95. The highest BCUT2D eigenvalue weighted by atomic mass is 16.6. The molecule has 0 aliphatic carbocycles. The molecule has 0 saturated carbocycles. The van der Waals surface area contributed by atoms with Gasteiger partial charge in [-0.15, -0.1) is 0 Å². The van der Waals surface area contributed by atoms with E-state index in [0.717, 1.165) is 6.42 Å². The second kappa shape index (κ2) is 4.97. The van der Waals surface area contributed by atoms with E-state index in [1.165, 1.54) is 0 Å². The van der Waals surface area contributed by atoms with Crippen molar-refractivity contribution in [3.8, 4) is 0 Å². The fourth-order valence-electron chi connectivity index (χ4n) is 1.37. The molecule has 0 spiro atoms. The molecule has 6 nitrogen and oxygen atoms in total. The molecule has 0 aromatic carbocycles. The summed E-state index contributed by atoms with van der Waals surface area (Å²) in [6.07, 6.45) is 0.833. The van der Waals surface area contributed by atoms with Gasteiger partial charge in [0.05, 0.1) is 6.61 Å². The Bertz CT molecular complexity index is 248. The zero-order valence-corrected chi connectivity index (χ0v) is 8.96. The van der Waals surface area contributed by atoms with E-state index in [-0.39, 0.29) is 12.5 Å². The van der Waals surface area contributed by atoms with Crippen LogP contribution in [-0.4, -0.2) is 30.8 Å². The van der Waals surface area contributed by atoms with Gasteiger partial charge in [0, 0.05) is 6.61 Å². The molecule has 1 fully saturated rings. The summed E-state index contributed by atoms with van der Waals surface area (Å²) in [6.45, 7) is 4.21. The van der Waals surface area contributed by atoms with Gasteiger partial charge in [-0.1, -0.05) is 0 Å². The van der Waals surface area contributed by atoms with E-state index in [1.54, 1.807) is 13.8 Å². The number of hydrazine groups is 1. The van der Waals surface area contributed by atoms with Gasteiger partial charge >= 0.3 is 6.09 Å². The van der Waals surface area contributed by atoms with Crippen LogP contribution in [0.25, 0.3) is 0 Å². The third kappa shape index (κ3) is 3.09. The van der Waals surface area contributed by atoms with Crippen LogP contribution in [0.1, 0.15) is 26.7 Å². The van der Waals surface area contributed by atoms with Crippen molar-refractivity contribution in [2.75, 3.05) is 13.2 Å². The predicted molar refractivity (Wildman–Crippen MR) is 51.9 cm³/mol.